The second kappa shape index (κ2) is 7.62. The molecule has 0 radical (unpaired) electrons. The van der Waals surface area contributed by atoms with Crippen molar-refractivity contribution < 1.29 is 9.32 Å². The molecule has 1 aromatic heterocycles. The molecule has 26 heavy (non-hydrogen) atoms. The van der Waals surface area contributed by atoms with Crippen LogP contribution in [-0.2, 0) is 12.8 Å². The van der Waals surface area contributed by atoms with Crippen LogP contribution >= 0.6 is 0 Å². The van der Waals surface area contributed by atoms with Crippen molar-refractivity contribution in [1.29, 1.82) is 0 Å². The van der Waals surface area contributed by atoms with Gasteiger partial charge in [-0.2, -0.15) is 0 Å². The molecule has 0 bridgehead atoms. The van der Waals surface area contributed by atoms with Crippen LogP contribution in [0.5, 0.6) is 0 Å². The molecule has 1 saturated heterocycles. The summed E-state index contributed by atoms with van der Waals surface area (Å²) in [6.45, 7) is 4.11. The Bertz CT molecular complexity index is 756. The van der Waals surface area contributed by atoms with Gasteiger partial charge in [-0.3, -0.25) is 9.69 Å². The second-order valence-electron chi connectivity index (χ2n) is 7.53. The first kappa shape index (κ1) is 17.3. The lowest BCUT2D eigenvalue weighted by atomic mass is 10.1. The van der Waals surface area contributed by atoms with Crippen LogP contribution in [0.4, 0.5) is 0 Å². The summed E-state index contributed by atoms with van der Waals surface area (Å²) in [7, 11) is 0. The van der Waals surface area contributed by atoms with E-state index in [0.29, 0.717) is 11.7 Å². The minimum atomic E-state index is -0.0730. The Morgan fingerprint density at radius 2 is 2.04 bits per heavy atom. The van der Waals surface area contributed by atoms with Crippen molar-refractivity contribution in [3.63, 3.8) is 0 Å². The molecule has 1 aliphatic heterocycles. The van der Waals surface area contributed by atoms with Crippen molar-refractivity contribution in [2.24, 2.45) is 0 Å². The van der Waals surface area contributed by atoms with Crippen LogP contribution in [0.1, 0.15) is 66.0 Å². The Kier molecular flexibility index (Phi) is 5.07. The van der Waals surface area contributed by atoms with Gasteiger partial charge in [0.15, 0.2) is 5.69 Å². The molecule has 0 spiro atoms. The molecule has 1 aliphatic carbocycles. The fourth-order valence-corrected chi connectivity index (χ4v) is 4.19. The predicted octanol–water partition coefficient (Wildman–Crippen LogP) is 3.51. The van der Waals surface area contributed by atoms with E-state index in [1.54, 1.807) is 0 Å². The Hall–Kier alpha value is -2.14. The lowest BCUT2D eigenvalue weighted by Gasteiger charge is -2.24. The highest BCUT2D eigenvalue weighted by atomic mass is 16.5. The molecule has 1 N–H and O–H groups in total. The smallest absolute Gasteiger partial charge is 0.274 e. The molecule has 1 fully saturated rings. The summed E-state index contributed by atoms with van der Waals surface area (Å²) in [4.78, 5) is 15.2. The molecule has 1 amide bonds. The van der Waals surface area contributed by atoms with Gasteiger partial charge in [-0.25, -0.2) is 0 Å². The van der Waals surface area contributed by atoms with E-state index >= 15 is 0 Å². The Morgan fingerprint density at radius 1 is 1.23 bits per heavy atom. The topological polar surface area (TPSA) is 58.4 Å². The number of fused-ring (bicyclic) bond motifs is 1. The molecule has 138 valence electrons. The first-order valence-electron chi connectivity index (χ1n) is 9.79. The van der Waals surface area contributed by atoms with Gasteiger partial charge in [0.1, 0.15) is 5.76 Å². The minimum absolute atomic E-state index is 0.0730. The third-order valence-electron chi connectivity index (χ3n) is 5.80. The molecular formula is C21H27N3O2. The number of aryl methyl sites for hydroxylation is 1. The van der Waals surface area contributed by atoms with Crippen LogP contribution in [-0.4, -0.2) is 35.1 Å². The molecule has 2 aliphatic rings. The summed E-state index contributed by atoms with van der Waals surface area (Å²) in [5.41, 5.74) is 2.87. The first-order valence-corrected chi connectivity index (χ1v) is 9.79. The number of amides is 1. The minimum Gasteiger partial charge on any atom is -0.360 e. The van der Waals surface area contributed by atoms with Crippen molar-refractivity contribution in [3.05, 3.63) is 52.9 Å². The highest BCUT2D eigenvalue weighted by Crippen LogP contribution is 2.26. The van der Waals surface area contributed by atoms with Gasteiger partial charge in [-0.15, -0.1) is 0 Å². The van der Waals surface area contributed by atoms with Gasteiger partial charge in [0.05, 0.1) is 0 Å². The van der Waals surface area contributed by atoms with Crippen LogP contribution in [0, 0.1) is 0 Å². The summed E-state index contributed by atoms with van der Waals surface area (Å²) >= 11 is 0. The van der Waals surface area contributed by atoms with Gasteiger partial charge in [-0.05, 0) is 38.2 Å². The quantitative estimate of drug-likeness (QED) is 0.855. The maximum absolute atomic E-state index is 12.7. The normalized spacial score (nSPS) is 21.8. The number of hydrogen-bond donors (Lipinski definition) is 1. The van der Waals surface area contributed by atoms with Crippen LogP contribution in [0.3, 0.4) is 0 Å². The van der Waals surface area contributed by atoms with Gasteiger partial charge < -0.3 is 9.84 Å². The fraction of sp³-hybridized carbons (Fsp3) is 0.524. The molecule has 2 heterocycles. The van der Waals surface area contributed by atoms with Gasteiger partial charge in [-0.1, -0.05) is 41.9 Å². The largest absolute Gasteiger partial charge is 0.360 e. The molecule has 4 rings (SSSR count). The van der Waals surface area contributed by atoms with Crippen molar-refractivity contribution >= 4 is 5.91 Å². The van der Waals surface area contributed by atoms with Gasteiger partial charge in [0.25, 0.3) is 5.91 Å². The first-order chi connectivity index (χ1) is 12.7. The number of carbonyl (C=O) groups excluding carboxylic acids is 1. The van der Waals surface area contributed by atoms with E-state index in [1.165, 1.54) is 12.0 Å². The van der Waals surface area contributed by atoms with Gasteiger partial charge >= 0.3 is 0 Å². The van der Waals surface area contributed by atoms with E-state index in [1.807, 2.05) is 6.07 Å². The molecule has 2 atom stereocenters. The Morgan fingerprint density at radius 3 is 2.88 bits per heavy atom. The molecule has 5 nitrogen and oxygen atoms in total. The Balaban J connectivity index is 1.38. The molecule has 2 aromatic rings. The van der Waals surface area contributed by atoms with E-state index < -0.39 is 0 Å². The number of nitrogens with one attached hydrogen (secondary N) is 1. The number of rotatable bonds is 4. The van der Waals surface area contributed by atoms with Crippen molar-refractivity contribution in [2.75, 3.05) is 13.1 Å². The molecular weight excluding hydrogens is 326 g/mol. The van der Waals surface area contributed by atoms with E-state index in [0.717, 1.165) is 56.5 Å². The number of carbonyl (C=O) groups is 1. The third kappa shape index (κ3) is 3.54. The number of nitrogens with zero attached hydrogens (tertiary/aromatic N) is 2. The average Bonchev–Trinajstić information content (AvgIpc) is 3.23. The second-order valence-corrected chi connectivity index (χ2v) is 7.53. The predicted molar refractivity (Wildman–Crippen MR) is 100 cm³/mol. The monoisotopic (exact) mass is 353 g/mol. The van der Waals surface area contributed by atoms with Crippen LogP contribution in [0.2, 0.25) is 0 Å². The molecule has 1 aromatic carbocycles. The van der Waals surface area contributed by atoms with Crippen LogP contribution in [0.25, 0.3) is 0 Å². The zero-order chi connectivity index (χ0) is 17.9. The highest BCUT2D eigenvalue weighted by Gasteiger charge is 2.30. The zero-order valence-corrected chi connectivity index (χ0v) is 15.4. The van der Waals surface area contributed by atoms with Crippen molar-refractivity contribution in [3.8, 4) is 0 Å². The van der Waals surface area contributed by atoms with Gasteiger partial charge in [0.2, 0.25) is 0 Å². The molecule has 5 heteroatoms. The van der Waals surface area contributed by atoms with E-state index in [9.17, 15) is 4.79 Å². The maximum Gasteiger partial charge on any atom is 0.274 e. The highest BCUT2D eigenvalue weighted by molar-refractivity contribution is 5.94. The number of aromatic nitrogens is 1. The third-order valence-corrected chi connectivity index (χ3v) is 5.80. The van der Waals surface area contributed by atoms with Crippen molar-refractivity contribution in [2.45, 2.75) is 57.5 Å². The van der Waals surface area contributed by atoms with Crippen molar-refractivity contribution in [1.82, 2.24) is 15.4 Å². The summed E-state index contributed by atoms with van der Waals surface area (Å²) in [5, 5.41) is 7.27. The molecule has 2 unspecified atom stereocenters. The van der Waals surface area contributed by atoms with E-state index in [4.69, 9.17) is 4.52 Å². The Labute approximate surface area is 154 Å². The summed E-state index contributed by atoms with van der Waals surface area (Å²) in [5.74, 6) is 0.842. The fourth-order valence-electron chi connectivity index (χ4n) is 4.19. The van der Waals surface area contributed by atoms with Gasteiger partial charge in [0, 0.05) is 37.2 Å². The molecule has 0 saturated carbocycles. The SMILES string of the molecule is CC(c1ccccc1)N1CCC(NC(=O)c2noc3c2CCCCC3)C1. The zero-order valence-electron chi connectivity index (χ0n) is 15.4. The maximum atomic E-state index is 12.7. The van der Waals surface area contributed by atoms with Crippen LogP contribution in [0.15, 0.2) is 34.9 Å². The van der Waals surface area contributed by atoms with E-state index in [-0.39, 0.29) is 11.9 Å². The lowest BCUT2D eigenvalue weighted by molar-refractivity contribution is 0.0926. The lowest BCUT2D eigenvalue weighted by Crippen LogP contribution is -2.38. The standard InChI is InChI=1S/C21H27N3O2/c1-15(16-8-4-2-5-9-16)24-13-12-17(14-24)22-21(25)20-18-10-6-3-7-11-19(18)26-23-20/h2,4-5,8-9,15,17H,3,6-7,10-14H2,1H3,(H,22,25). The average molecular weight is 353 g/mol. The summed E-state index contributed by atoms with van der Waals surface area (Å²) in [6.07, 6.45) is 6.21. The number of hydrogen-bond acceptors (Lipinski definition) is 4. The van der Waals surface area contributed by atoms with Crippen LogP contribution < -0.4 is 5.32 Å². The summed E-state index contributed by atoms with van der Waals surface area (Å²) in [6, 6.07) is 11.1. The summed E-state index contributed by atoms with van der Waals surface area (Å²) < 4.78 is 5.45. The number of benzene rings is 1. The number of likely N-dealkylation sites (tertiary alicyclic amines) is 1. The van der Waals surface area contributed by atoms with E-state index in [2.05, 4.69) is 46.6 Å².